The quantitative estimate of drug-likeness (QED) is 0.370. The molecule has 0 spiro atoms. The van der Waals surface area contributed by atoms with Crippen LogP contribution in [-0.2, 0) is 19.4 Å². The Kier molecular flexibility index (Phi) is 7.71. The second-order valence-electron chi connectivity index (χ2n) is 7.94. The lowest BCUT2D eigenvalue weighted by Crippen LogP contribution is -2.37. The Hall–Kier alpha value is -2.27. The Bertz CT molecular complexity index is 1270. The highest BCUT2D eigenvalue weighted by molar-refractivity contribution is 7.91. The summed E-state index contributed by atoms with van der Waals surface area (Å²) in [5.74, 6) is -0.431. The Labute approximate surface area is 206 Å². The number of rotatable bonds is 9. The number of hydrogen-bond acceptors (Lipinski definition) is 7. The van der Waals surface area contributed by atoms with Crippen molar-refractivity contribution >= 4 is 54.0 Å². The lowest BCUT2D eigenvalue weighted by atomic mass is 10.2. The standard InChI is InChI=1S/C23H24ClFN2O5S2/c1-31-19-11-10-18(24)22-21(19)26-23(33-22)27(14-16-4-2-12-32-16)20(28)5-3-13-34(29,30)17-8-6-15(25)7-9-17/h6-11,16H,2-5,12-14H2,1H3. The number of halogens is 2. The van der Waals surface area contributed by atoms with Gasteiger partial charge in [-0.2, -0.15) is 0 Å². The number of thiazole rings is 1. The van der Waals surface area contributed by atoms with Crippen LogP contribution in [0.2, 0.25) is 5.02 Å². The third kappa shape index (κ3) is 5.51. The molecule has 182 valence electrons. The molecule has 1 aliphatic rings. The number of carbonyl (C=O) groups excluding carboxylic acids is 1. The number of sulfone groups is 1. The molecule has 1 aromatic heterocycles. The van der Waals surface area contributed by atoms with Crippen LogP contribution in [0.1, 0.15) is 25.7 Å². The van der Waals surface area contributed by atoms with Crippen molar-refractivity contribution < 1.29 is 27.1 Å². The van der Waals surface area contributed by atoms with Gasteiger partial charge in [0, 0.05) is 13.0 Å². The van der Waals surface area contributed by atoms with Crippen molar-refractivity contribution in [1.29, 1.82) is 0 Å². The van der Waals surface area contributed by atoms with Crippen LogP contribution in [0.5, 0.6) is 5.75 Å². The maximum atomic E-state index is 13.2. The molecular weight excluding hydrogens is 503 g/mol. The molecule has 1 unspecified atom stereocenters. The topological polar surface area (TPSA) is 85.8 Å². The van der Waals surface area contributed by atoms with Crippen LogP contribution >= 0.6 is 22.9 Å². The predicted molar refractivity (Wildman–Crippen MR) is 130 cm³/mol. The number of methoxy groups -OCH3 is 1. The van der Waals surface area contributed by atoms with Crippen LogP contribution in [0.25, 0.3) is 10.2 Å². The van der Waals surface area contributed by atoms with Crippen molar-refractivity contribution in [2.45, 2.75) is 36.7 Å². The fourth-order valence-electron chi connectivity index (χ4n) is 3.81. The molecule has 0 radical (unpaired) electrons. The molecule has 1 saturated heterocycles. The minimum atomic E-state index is -3.63. The molecule has 3 aromatic rings. The number of fused-ring (bicyclic) bond motifs is 1. The number of anilines is 1. The Morgan fingerprint density at radius 1 is 1.29 bits per heavy atom. The summed E-state index contributed by atoms with van der Waals surface area (Å²) in [4.78, 5) is 19.5. The zero-order valence-corrected chi connectivity index (χ0v) is 20.9. The van der Waals surface area contributed by atoms with E-state index in [4.69, 9.17) is 21.1 Å². The summed E-state index contributed by atoms with van der Waals surface area (Å²) in [5.41, 5.74) is 0.569. The highest BCUT2D eigenvalue weighted by atomic mass is 35.5. The van der Waals surface area contributed by atoms with E-state index in [0.29, 0.717) is 39.3 Å². The normalized spacial score (nSPS) is 16.1. The molecule has 0 aliphatic carbocycles. The Morgan fingerprint density at radius 3 is 2.74 bits per heavy atom. The summed E-state index contributed by atoms with van der Waals surface area (Å²) in [6.45, 7) is 0.964. The van der Waals surface area contributed by atoms with Crippen LogP contribution in [0.3, 0.4) is 0 Å². The van der Waals surface area contributed by atoms with Gasteiger partial charge in [-0.1, -0.05) is 22.9 Å². The minimum absolute atomic E-state index is 0.00787. The molecular formula is C23H24ClFN2O5S2. The van der Waals surface area contributed by atoms with Gasteiger partial charge in [0.1, 0.15) is 17.1 Å². The lowest BCUT2D eigenvalue weighted by Gasteiger charge is -2.23. The average molecular weight is 527 g/mol. The summed E-state index contributed by atoms with van der Waals surface area (Å²) < 4.78 is 50.1. The number of benzene rings is 2. The van der Waals surface area contributed by atoms with Crippen molar-refractivity contribution in [2.75, 3.05) is 30.9 Å². The van der Waals surface area contributed by atoms with Gasteiger partial charge in [-0.25, -0.2) is 17.8 Å². The van der Waals surface area contributed by atoms with Gasteiger partial charge in [0.15, 0.2) is 15.0 Å². The van der Waals surface area contributed by atoms with Gasteiger partial charge in [0.25, 0.3) is 0 Å². The molecule has 1 atom stereocenters. The smallest absolute Gasteiger partial charge is 0.228 e. The maximum absolute atomic E-state index is 13.2. The highest BCUT2D eigenvalue weighted by Gasteiger charge is 2.27. The number of amides is 1. The van der Waals surface area contributed by atoms with E-state index in [9.17, 15) is 17.6 Å². The van der Waals surface area contributed by atoms with E-state index in [1.807, 2.05) is 0 Å². The monoisotopic (exact) mass is 526 g/mol. The summed E-state index contributed by atoms with van der Waals surface area (Å²) in [6, 6.07) is 8.11. The summed E-state index contributed by atoms with van der Waals surface area (Å²) in [5, 5.41) is 0.970. The molecule has 1 amide bonds. The van der Waals surface area contributed by atoms with Crippen molar-refractivity contribution in [3.63, 3.8) is 0 Å². The van der Waals surface area contributed by atoms with Gasteiger partial charge >= 0.3 is 0 Å². The summed E-state index contributed by atoms with van der Waals surface area (Å²) in [7, 11) is -2.09. The molecule has 2 heterocycles. The molecule has 1 fully saturated rings. The highest BCUT2D eigenvalue weighted by Crippen LogP contribution is 2.39. The number of hydrogen-bond donors (Lipinski definition) is 0. The zero-order valence-electron chi connectivity index (χ0n) is 18.5. The molecule has 34 heavy (non-hydrogen) atoms. The van der Waals surface area contributed by atoms with E-state index >= 15 is 0 Å². The SMILES string of the molecule is COc1ccc(Cl)c2sc(N(CC3CCCO3)C(=O)CCCS(=O)(=O)c3ccc(F)cc3)nc12. The first kappa shape index (κ1) is 24.8. The van der Waals surface area contributed by atoms with E-state index in [0.717, 1.165) is 25.0 Å². The van der Waals surface area contributed by atoms with E-state index in [-0.39, 0.29) is 35.5 Å². The zero-order chi connectivity index (χ0) is 24.3. The van der Waals surface area contributed by atoms with E-state index in [1.54, 1.807) is 24.1 Å². The minimum Gasteiger partial charge on any atom is -0.494 e. The number of ether oxygens (including phenoxy) is 2. The Balaban J connectivity index is 1.53. The first-order valence-electron chi connectivity index (χ1n) is 10.8. The van der Waals surface area contributed by atoms with Gasteiger partial charge in [-0.15, -0.1) is 0 Å². The first-order chi connectivity index (χ1) is 16.3. The molecule has 1 aliphatic heterocycles. The maximum Gasteiger partial charge on any atom is 0.228 e. The van der Waals surface area contributed by atoms with Crippen LogP contribution in [-0.4, -0.2) is 51.4 Å². The molecule has 7 nitrogen and oxygen atoms in total. The molecule has 11 heteroatoms. The predicted octanol–water partition coefficient (Wildman–Crippen LogP) is 4.86. The van der Waals surface area contributed by atoms with Gasteiger partial charge in [0.05, 0.1) is 40.1 Å². The van der Waals surface area contributed by atoms with Gasteiger partial charge in [-0.05, 0) is 55.7 Å². The molecule has 0 saturated carbocycles. The number of carbonyl (C=O) groups is 1. The average Bonchev–Trinajstić information content (AvgIpc) is 3.48. The number of nitrogens with zero attached hydrogens (tertiary/aromatic N) is 2. The largest absolute Gasteiger partial charge is 0.494 e. The van der Waals surface area contributed by atoms with Crippen molar-refractivity contribution in [1.82, 2.24) is 4.98 Å². The third-order valence-electron chi connectivity index (χ3n) is 5.59. The van der Waals surface area contributed by atoms with E-state index in [2.05, 4.69) is 4.98 Å². The van der Waals surface area contributed by atoms with Crippen LogP contribution < -0.4 is 9.64 Å². The summed E-state index contributed by atoms with van der Waals surface area (Å²) >= 11 is 7.64. The van der Waals surface area contributed by atoms with Crippen molar-refractivity contribution in [3.05, 3.63) is 47.2 Å². The lowest BCUT2D eigenvalue weighted by molar-refractivity contribution is -0.119. The van der Waals surface area contributed by atoms with Crippen LogP contribution in [0, 0.1) is 5.82 Å². The second kappa shape index (κ2) is 10.6. The number of aromatic nitrogens is 1. The summed E-state index contributed by atoms with van der Waals surface area (Å²) in [6.07, 6.45) is 1.76. The Morgan fingerprint density at radius 2 is 2.06 bits per heavy atom. The van der Waals surface area contributed by atoms with Gasteiger partial charge < -0.3 is 9.47 Å². The molecule has 2 aromatic carbocycles. The third-order valence-corrected chi connectivity index (χ3v) is 8.94. The van der Waals surface area contributed by atoms with Crippen molar-refractivity contribution in [2.24, 2.45) is 0 Å². The molecule has 0 N–H and O–H groups in total. The van der Waals surface area contributed by atoms with Gasteiger partial charge in [0.2, 0.25) is 5.91 Å². The van der Waals surface area contributed by atoms with Crippen molar-refractivity contribution in [3.8, 4) is 5.75 Å². The first-order valence-corrected chi connectivity index (χ1v) is 13.7. The van der Waals surface area contributed by atoms with Crippen LogP contribution in [0.15, 0.2) is 41.3 Å². The second-order valence-corrected chi connectivity index (χ2v) is 11.4. The molecule has 4 rings (SSSR count). The molecule has 0 bridgehead atoms. The fraction of sp³-hybridized carbons (Fsp3) is 0.391. The van der Waals surface area contributed by atoms with E-state index in [1.165, 1.54) is 23.5 Å². The van der Waals surface area contributed by atoms with E-state index < -0.39 is 15.7 Å². The van der Waals surface area contributed by atoms with Gasteiger partial charge in [-0.3, -0.25) is 9.69 Å². The van der Waals surface area contributed by atoms with Crippen LogP contribution in [0.4, 0.5) is 9.52 Å². The fourth-order valence-corrected chi connectivity index (χ4v) is 6.40.